The number of hydrogen-bond donors (Lipinski definition) is 1. The number of thioether (sulfide) groups is 1. The molecular weight excluding hydrogens is 416 g/mol. The second kappa shape index (κ2) is 9.78. The summed E-state index contributed by atoms with van der Waals surface area (Å²) in [6, 6.07) is 12.0. The number of benzene rings is 2. The summed E-state index contributed by atoms with van der Waals surface area (Å²) in [5, 5.41) is 2.71. The standard InChI is InChI=1S/C23H24N2O5S/c1-14(2)30-23(29)18(12-13-31-3)24-20(26)17-10-6-7-11-19(17)25-21(27)15-8-4-5-9-16(15)22(25)28/h4-11,14,18H,12-13H2,1-3H3,(H,24,26). The lowest BCUT2D eigenvalue weighted by Gasteiger charge is -2.21. The molecule has 1 atom stereocenters. The number of imide groups is 1. The Morgan fingerprint density at radius 3 is 2.16 bits per heavy atom. The molecule has 31 heavy (non-hydrogen) atoms. The number of rotatable bonds is 8. The molecule has 3 rings (SSSR count). The predicted octanol–water partition coefficient (Wildman–Crippen LogP) is 3.29. The van der Waals surface area contributed by atoms with Crippen molar-refractivity contribution in [2.24, 2.45) is 0 Å². The molecule has 0 saturated carbocycles. The first-order chi connectivity index (χ1) is 14.8. The average molecular weight is 441 g/mol. The maximum absolute atomic E-state index is 13.1. The number of para-hydroxylation sites is 1. The van der Waals surface area contributed by atoms with Gasteiger partial charge in [0.2, 0.25) is 0 Å². The van der Waals surface area contributed by atoms with Crippen molar-refractivity contribution in [2.75, 3.05) is 16.9 Å². The molecule has 0 aromatic heterocycles. The van der Waals surface area contributed by atoms with Crippen LogP contribution in [0.5, 0.6) is 0 Å². The topological polar surface area (TPSA) is 92.8 Å². The van der Waals surface area contributed by atoms with Crippen molar-refractivity contribution in [1.29, 1.82) is 0 Å². The monoisotopic (exact) mass is 440 g/mol. The smallest absolute Gasteiger partial charge is 0.328 e. The fourth-order valence-electron chi connectivity index (χ4n) is 3.30. The Balaban J connectivity index is 1.89. The van der Waals surface area contributed by atoms with Crippen molar-refractivity contribution < 1.29 is 23.9 Å². The first-order valence-corrected chi connectivity index (χ1v) is 11.3. The summed E-state index contributed by atoms with van der Waals surface area (Å²) in [6.07, 6.45) is 1.99. The number of nitrogens with one attached hydrogen (secondary N) is 1. The van der Waals surface area contributed by atoms with Gasteiger partial charge < -0.3 is 10.1 Å². The largest absolute Gasteiger partial charge is 0.461 e. The third-order valence-corrected chi connectivity index (χ3v) is 5.38. The van der Waals surface area contributed by atoms with E-state index in [0.29, 0.717) is 23.3 Å². The quantitative estimate of drug-likeness (QED) is 0.500. The van der Waals surface area contributed by atoms with Gasteiger partial charge in [-0.05, 0) is 56.5 Å². The van der Waals surface area contributed by atoms with Gasteiger partial charge >= 0.3 is 5.97 Å². The first-order valence-electron chi connectivity index (χ1n) is 9.92. The van der Waals surface area contributed by atoms with Crippen LogP contribution in [0.4, 0.5) is 5.69 Å². The van der Waals surface area contributed by atoms with Crippen LogP contribution in [0.2, 0.25) is 0 Å². The van der Waals surface area contributed by atoms with Crippen molar-refractivity contribution in [3.05, 3.63) is 65.2 Å². The molecule has 0 saturated heterocycles. The van der Waals surface area contributed by atoms with Crippen LogP contribution in [-0.4, -0.2) is 47.8 Å². The normalized spacial score (nSPS) is 13.9. The summed E-state index contributed by atoms with van der Waals surface area (Å²) >= 11 is 1.55. The zero-order valence-corrected chi connectivity index (χ0v) is 18.4. The number of carbonyl (C=O) groups excluding carboxylic acids is 4. The van der Waals surface area contributed by atoms with E-state index in [4.69, 9.17) is 4.74 Å². The maximum atomic E-state index is 13.1. The van der Waals surface area contributed by atoms with Gasteiger partial charge in [0, 0.05) is 0 Å². The third kappa shape index (κ3) is 4.80. The molecule has 1 N–H and O–H groups in total. The number of ether oxygens (including phenoxy) is 1. The van der Waals surface area contributed by atoms with Crippen LogP contribution in [0, 0.1) is 0 Å². The van der Waals surface area contributed by atoms with Gasteiger partial charge in [-0.3, -0.25) is 14.4 Å². The molecule has 2 aromatic rings. The second-order valence-electron chi connectivity index (χ2n) is 7.30. The highest BCUT2D eigenvalue weighted by molar-refractivity contribution is 7.98. The van der Waals surface area contributed by atoms with Gasteiger partial charge in [0.15, 0.2) is 0 Å². The summed E-state index contributed by atoms with van der Waals surface area (Å²) in [7, 11) is 0. The van der Waals surface area contributed by atoms with Crippen LogP contribution in [0.1, 0.15) is 51.3 Å². The van der Waals surface area contributed by atoms with E-state index in [1.807, 2.05) is 6.26 Å². The number of nitrogens with zero attached hydrogens (tertiary/aromatic N) is 1. The molecule has 8 heteroatoms. The van der Waals surface area contributed by atoms with Crippen molar-refractivity contribution in [1.82, 2.24) is 5.32 Å². The van der Waals surface area contributed by atoms with Gasteiger partial charge in [-0.1, -0.05) is 24.3 Å². The molecule has 2 aromatic carbocycles. The van der Waals surface area contributed by atoms with Gasteiger partial charge in [0.25, 0.3) is 17.7 Å². The second-order valence-corrected chi connectivity index (χ2v) is 8.29. The van der Waals surface area contributed by atoms with Crippen LogP contribution in [0.25, 0.3) is 0 Å². The molecule has 1 aliphatic heterocycles. The van der Waals surface area contributed by atoms with Gasteiger partial charge in [-0.25, -0.2) is 9.69 Å². The molecule has 0 bridgehead atoms. The molecule has 1 aliphatic rings. The van der Waals surface area contributed by atoms with E-state index in [1.54, 1.807) is 68.1 Å². The number of anilines is 1. The van der Waals surface area contributed by atoms with Crippen LogP contribution < -0.4 is 10.2 Å². The lowest BCUT2D eigenvalue weighted by molar-refractivity contribution is -0.149. The number of amides is 3. The minimum atomic E-state index is -0.836. The number of esters is 1. The third-order valence-electron chi connectivity index (χ3n) is 4.74. The fourth-order valence-corrected chi connectivity index (χ4v) is 3.78. The lowest BCUT2D eigenvalue weighted by atomic mass is 10.1. The van der Waals surface area contributed by atoms with Crippen LogP contribution >= 0.6 is 11.8 Å². The molecule has 0 radical (unpaired) electrons. The SMILES string of the molecule is CSCCC(NC(=O)c1ccccc1N1C(=O)c2ccccc2C1=O)C(=O)OC(C)C. The Hall–Kier alpha value is -3.13. The van der Waals surface area contributed by atoms with Gasteiger partial charge in [-0.2, -0.15) is 11.8 Å². The number of carbonyl (C=O) groups is 4. The highest BCUT2D eigenvalue weighted by atomic mass is 32.2. The van der Waals surface area contributed by atoms with Gasteiger partial charge in [0.1, 0.15) is 6.04 Å². The Labute approximate surface area is 185 Å². The molecule has 0 aliphatic carbocycles. The van der Waals surface area contributed by atoms with Crippen molar-refractivity contribution in [3.63, 3.8) is 0 Å². The summed E-state index contributed by atoms with van der Waals surface area (Å²) in [4.78, 5) is 52.3. The Morgan fingerprint density at radius 1 is 1.00 bits per heavy atom. The van der Waals surface area contributed by atoms with Crippen molar-refractivity contribution in [3.8, 4) is 0 Å². The van der Waals surface area contributed by atoms with Gasteiger partial charge in [-0.15, -0.1) is 0 Å². The molecule has 7 nitrogen and oxygen atoms in total. The Kier molecular flexibility index (Phi) is 7.12. The highest BCUT2D eigenvalue weighted by Crippen LogP contribution is 2.30. The minimum absolute atomic E-state index is 0.128. The number of fused-ring (bicyclic) bond motifs is 1. The molecule has 162 valence electrons. The zero-order chi connectivity index (χ0) is 22.5. The molecule has 1 unspecified atom stereocenters. The van der Waals surface area contributed by atoms with Crippen molar-refractivity contribution >= 4 is 41.1 Å². The summed E-state index contributed by atoms with van der Waals surface area (Å²) < 4.78 is 5.27. The van der Waals surface area contributed by atoms with E-state index in [0.717, 1.165) is 4.90 Å². The summed E-state index contributed by atoms with van der Waals surface area (Å²) in [6.45, 7) is 3.48. The van der Waals surface area contributed by atoms with E-state index < -0.39 is 29.7 Å². The van der Waals surface area contributed by atoms with E-state index >= 15 is 0 Å². The van der Waals surface area contributed by atoms with E-state index in [-0.39, 0.29) is 17.4 Å². The molecule has 0 fully saturated rings. The van der Waals surface area contributed by atoms with E-state index in [2.05, 4.69) is 5.32 Å². The van der Waals surface area contributed by atoms with Crippen LogP contribution in [0.3, 0.4) is 0 Å². The number of hydrogen-bond acceptors (Lipinski definition) is 6. The zero-order valence-electron chi connectivity index (χ0n) is 17.6. The minimum Gasteiger partial charge on any atom is -0.461 e. The molecule has 0 spiro atoms. The average Bonchev–Trinajstić information content (AvgIpc) is 3.00. The molecular formula is C23H24N2O5S. The van der Waals surface area contributed by atoms with Crippen LogP contribution in [-0.2, 0) is 9.53 Å². The Bertz CT molecular complexity index is 986. The van der Waals surface area contributed by atoms with E-state index in [1.165, 1.54) is 6.07 Å². The summed E-state index contributed by atoms with van der Waals surface area (Å²) in [5.41, 5.74) is 0.887. The fraction of sp³-hybridized carbons (Fsp3) is 0.304. The predicted molar refractivity (Wildman–Crippen MR) is 120 cm³/mol. The Morgan fingerprint density at radius 2 is 1.58 bits per heavy atom. The van der Waals surface area contributed by atoms with Gasteiger partial charge in [0.05, 0.1) is 28.5 Å². The maximum Gasteiger partial charge on any atom is 0.328 e. The summed E-state index contributed by atoms with van der Waals surface area (Å²) in [5.74, 6) is -1.40. The lowest BCUT2D eigenvalue weighted by Crippen LogP contribution is -2.43. The van der Waals surface area contributed by atoms with Crippen molar-refractivity contribution in [2.45, 2.75) is 32.4 Å². The van der Waals surface area contributed by atoms with Crippen LogP contribution in [0.15, 0.2) is 48.5 Å². The highest BCUT2D eigenvalue weighted by Gasteiger charge is 2.38. The first kappa shape index (κ1) is 22.6. The molecule has 3 amide bonds. The molecule has 1 heterocycles. The van der Waals surface area contributed by atoms with E-state index in [9.17, 15) is 19.2 Å².